The molecule has 0 saturated carbocycles. The Balaban J connectivity index is 1.80. The average molecular weight is 295 g/mol. The minimum atomic E-state index is -0.400. The quantitative estimate of drug-likeness (QED) is 0.639. The van der Waals surface area contributed by atoms with Gasteiger partial charge in [0.15, 0.2) is 5.69 Å². The van der Waals surface area contributed by atoms with Crippen molar-refractivity contribution in [2.45, 2.75) is 0 Å². The van der Waals surface area contributed by atoms with Gasteiger partial charge >= 0.3 is 0 Å². The summed E-state index contributed by atoms with van der Waals surface area (Å²) in [5, 5.41) is 19.7. The average Bonchev–Trinajstić information content (AvgIpc) is 3.00. The second-order valence-corrected chi connectivity index (χ2v) is 4.61. The van der Waals surface area contributed by atoms with Crippen LogP contribution in [0.3, 0.4) is 0 Å². The molecule has 110 valence electrons. The van der Waals surface area contributed by atoms with Crippen molar-refractivity contribution in [3.05, 3.63) is 60.4 Å². The number of phenols is 1. The first kappa shape index (κ1) is 13.6. The number of amides is 1. The van der Waals surface area contributed by atoms with Crippen molar-refractivity contribution >= 4 is 17.3 Å². The zero-order chi connectivity index (χ0) is 15.5. The molecule has 22 heavy (non-hydrogen) atoms. The number of nitrogens with two attached hydrogens (primary N) is 1. The molecule has 1 amide bonds. The lowest BCUT2D eigenvalue weighted by Gasteiger charge is -2.05. The minimum absolute atomic E-state index is 0.154. The highest BCUT2D eigenvalue weighted by atomic mass is 16.3. The number of carbonyl (C=O) groups excluding carboxylic acids is 1. The molecule has 0 saturated heterocycles. The Hall–Kier alpha value is -3.35. The topological polar surface area (TPSA) is 106 Å². The van der Waals surface area contributed by atoms with Crippen LogP contribution in [-0.2, 0) is 0 Å². The third kappa shape index (κ3) is 2.73. The maximum atomic E-state index is 12.1. The molecule has 0 fully saturated rings. The van der Waals surface area contributed by atoms with Crippen LogP contribution in [-0.4, -0.2) is 26.0 Å². The van der Waals surface area contributed by atoms with E-state index in [1.54, 1.807) is 36.4 Å². The van der Waals surface area contributed by atoms with Gasteiger partial charge in [-0.15, -0.1) is 5.10 Å². The highest BCUT2D eigenvalue weighted by molar-refractivity contribution is 6.04. The van der Waals surface area contributed by atoms with E-state index in [1.807, 2.05) is 0 Å². The predicted octanol–water partition coefficient (Wildman–Crippen LogP) is 1.81. The summed E-state index contributed by atoms with van der Waals surface area (Å²) < 4.78 is 1.45. The van der Waals surface area contributed by atoms with Gasteiger partial charge in [0.25, 0.3) is 5.91 Å². The molecule has 0 unspecified atom stereocenters. The van der Waals surface area contributed by atoms with Gasteiger partial charge in [0, 0.05) is 0 Å². The van der Waals surface area contributed by atoms with Crippen molar-refractivity contribution in [2.75, 3.05) is 11.1 Å². The number of nitrogen functional groups attached to an aromatic ring is 1. The van der Waals surface area contributed by atoms with Gasteiger partial charge in [-0.05, 0) is 36.4 Å². The predicted molar refractivity (Wildman–Crippen MR) is 81.8 cm³/mol. The number of nitrogens with zero attached hydrogens (tertiary/aromatic N) is 3. The van der Waals surface area contributed by atoms with E-state index in [4.69, 9.17) is 5.73 Å². The summed E-state index contributed by atoms with van der Waals surface area (Å²) in [6.07, 6.45) is 1.50. The number of aromatic nitrogens is 3. The molecule has 4 N–H and O–H groups in total. The number of para-hydroxylation sites is 2. The summed E-state index contributed by atoms with van der Waals surface area (Å²) in [7, 11) is 0. The molecule has 2 aromatic carbocycles. The zero-order valence-corrected chi connectivity index (χ0v) is 11.5. The van der Waals surface area contributed by atoms with Gasteiger partial charge in [0.2, 0.25) is 0 Å². The minimum Gasteiger partial charge on any atom is -0.508 e. The molecule has 0 spiro atoms. The Bertz CT molecular complexity index is 811. The Morgan fingerprint density at radius 2 is 1.86 bits per heavy atom. The molecular formula is C15H13N5O2. The third-order valence-corrected chi connectivity index (χ3v) is 3.05. The molecule has 3 aromatic rings. The SMILES string of the molecule is Nc1ccccc1NC(=O)c1cn(-c2ccc(O)cc2)nn1. The molecule has 7 nitrogen and oxygen atoms in total. The standard InChI is InChI=1S/C15H13N5O2/c16-12-3-1-2-4-13(12)17-15(22)14-9-20(19-18-14)10-5-7-11(21)8-6-10/h1-9,21H,16H2,(H,17,22). The number of rotatable bonds is 3. The maximum absolute atomic E-state index is 12.1. The second-order valence-electron chi connectivity index (χ2n) is 4.61. The molecule has 1 heterocycles. The lowest BCUT2D eigenvalue weighted by Crippen LogP contribution is -2.13. The van der Waals surface area contributed by atoms with Crippen molar-refractivity contribution in [1.29, 1.82) is 0 Å². The van der Waals surface area contributed by atoms with Gasteiger partial charge in [-0.1, -0.05) is 17.3 Å². The molecule has 7 heteroatoms. The van der Waals surface area contributed by atoms with E-state index in [2.05, 4.69) is 15.6 Å². The molecular weight excluding hydrogens is 282 g/mol. The number of hydrogen-bond acceptors (Lipinski definition) is 5. The summed E-state index contributed by atoms with van der Waals surface area (Å²) in [6, 6.07) is 13.4. The normalized spacial score (nSPS) is 10.4. The van der Waals surface area contributed by atoms with Crippen LogP contribution in [0, 0.1) is 0 Å². The number of nitrogens with one attached hydrogen (secondary N) is 1. The highest BCUT2D eigenvalue weighted by Crippen LogP contribution is 2.18. The Morgan fingerprint density at radius 1 is 1.14 bits per heavy atom. The summed E-state index contributed by atoms with van der Waals surface area (Å²) in [5.41, 5.74) is 7.62. The summed E-state index contributed by atoms with van der Waals surface area (Å²) in [4.78, 5) is 12.1. The van der Waals surface area contributed by atoms with Crippen molar-refractivity contribution in [2.24, 2.45) is 0 Å². The molecule has 0 bridgehead atoms. The smallest absolute Gasteiger partial charge is 0.277 e. The van der Waals surface area contributed by atoms with Crippen LogP contribution in [0.5, 0.6) is 5.75 Å². The molecule has 1 aromatic heterocycles. The van der Waals surface area contributed by atoms with Crippen molar-refractivity contribution in [1.82, 2.24) is 15.0 Å². The van der Waals surface area contributed by atoms with Gasteiger partial charge in [0.1, 0.15) is 5.75 Å². The van der Waals surface area contributed by atoms with Crippen LogP contribution in [0.4, 0.5) is 11.4 Å². The fourth-order valence-corrected chi connectivity index (χ4v) is 1.90. The van der Waals surface area contributed by atoms with E-state index in [9.17, 15) is 9.90 Å². The van der Waals surface area contributed by atoms with Gasteiger partial charge in [0.05, 0.1) is 23.3 Å². The van der Waals surface area contributed by atoms with Crippen LogP contribution in [0.15, 0.2) is 54.7 Å². The number of benzene rings is 2. The number of phenolic OH excluding ortho intramolecular Hbond substituents is 1. The second kappa shape index (κ2) is 5.57. The molecule has 0 aliphatic carbocycles. The lowest BCUT2D eigenvalue weighted by molar-refractivity contribution is 0.102. The van der Waals surface area contributed by atoms with Crippen molar-refractivity contribution in [3.8, 4) is 11.4 Å². The highest BCUT2D eigenvalue weighted by Gasteiger charge is 2.12. The van der Waals surface area contributed by atoms with E-state index in [1.165, 1.54) is 23.0 Å². The van der Waals surface area contributed by atoms with Crippen molar-refractivity contribution in [3.63, 3.8) is 0 Å². The van der Waals surface area contributed by atoms with Gasteiger partial charge in [-0.25, -0.2) is 4.68 Å². The molecule has 0 aliphatic rings. The fraction of sp³-hybridized carbons (Fsp3) is 0. The van der Waals surface area contributed by atoms with E-state index in [0.717, 1.165) is 0 Å². The zero-order valence-electron chi connectivity index (χ0n) is 11.5. The Kier molecular flexibility index (Phi) is 3.45. The van der Waals surface area contributed by atoms with E-state index >= 15 is 0 Å². The maximum Gasteiger partial charge on any atom is 0.277 e. The molecule has 0 radical (unpaired) electrons. The number of hydrogen-bond donors (Lipinski definition) is 3. The van der Waals surface area contributed by atoms with Crippen LogP contribution >= 0.6 is 0 Å². The van der Waals surface area contributed by atoms with Crippen molar-refractivity contribution < 1.29 is 9.90 Å². The van der Waals surface area contributed by atoms with E-state index in [-0.39, 0.29) is 11.4 Å². The van der Waals surface area contributed by atoms with Crippen LogP contribution < -0.4 is 11.1 Å². The van der Waals surface area contributed by atoms with Crippen LogP contribution in [0.1, 0.15) is 10.5 Å². The fourth-order valence-electron chi connectivity index (χ4n) is 1.90. The first-order valence-corrected chi connectivity index (χ1v) is 6.51. The van der Waals surface area contributed by atoms with E-state index in [0.29, 0.717) is 17.1 Å². The number of carbonyl (C=O) groups is 1. The Morgan fingerprint density at radius 3 is 2.59 bits per heavy atom. The number of aromatic hydroxyl groups is 1. The molecule has 0 aliphatic heterocycles. The monoisotopic (exact) mass is 295 g/mol. The Labute approximate surface area is 126 Å². The number of anilines is 2. The largest absolute Gasteiger partial charge is 0.508 e. The lowest BCUT2D eigenvalue weighted by atomic mass is 10.2. The van der Waals surface area contributed by atoms with Crippen LogP contribution in [0.25, 0.3) is 5.69 Å². The van der Waals surface area contributed by atoms with Gasteiger partial charge in [-0.3, -0.25) is 4.79 Å². The summed E-state index contributed by atoms with van der Waals surface area (Å²) in [5.74, 6) is -0.246. The van der Waals surface area contributed by atoms with Crippen LogP contribution in [0.2, 0.25) is 0 Å². The van der Waals surface area contributed by atoms with Gasteiger partial charge < -0.3 is 16.2 Å². The third-order valence-electron chi connectivity index (χ3n) is 3.05. The summed E-state index contributed by atoms with van der Waals surface area (Å²) >= 11 is 0. The van der Waals surface area contributed by atoms with Gasteiger partial charge in [-0.2, -0.15) is 0 Å². The first-order chi connectivity index (χ1) is 10.6. The molecule has 0 atom stereocenters. The summed E-state index contributed by atoms with van der Waals surface area (Å²) in [6.45, 7) is 0. The van der Waals surface area contributed by atoms with E-state index < -0.39 is 5.91 Å². The molecule has 3 rings (SSSR count). The first-order valence-electron chi connectivity index (χ1n) is 6.51.